The second-order valence-corrected chi connectivity index (χ2v) is 5.42. The van der Waals surface area contributed by atoms with Crippen molar-refractivity contribution in [2.24, 2.45) is 5.92 Å². The van der Waals surface area contributed by atoms with Crippen LogP contribution in [0.1, 0.15) is 32.6 Å². The van der Waals surface area contributed by atoms with Gasteiger partial charge in [0.2, 0.25) is 0 Å². The van der Waals surface area contributed by atoms with Gasteiger partial charge in [-0.1, -0.05) is 19.8 Å². The lowest BCUT2D eigenvalue weighted by Gasteiger charge is -2.27. The summed E-state index contributed by atoms with van der Waals surface area (Å²) < 4.78 is 10.9. The Morgan fingerprint density at radius 1 is 1.32 bits per heavy atom. The summed E-state index contributed by atoms with van der Waals surface area (Å²) in [5.41, 5.74) is 0. The summed E-state index contributed by atoms with van der Waals surface area (Å²) in [4.78, 5) is 0. The van der Waals surface area contributed by atoms with Gasteiger partial charge in [-0.2, -0.15) is 0 Å². The Balaban J connectivity index is 1.94. The fourth-order valence-corrected chi connectivity index (χ4v) is 2.42. The second-order valence-electron chi connectivity index (χ2n) is 5.42. The number of hydrogen-bond acceptors (Lipinski definition) is 5. The molecule has 19 heavy (non-hydrogen) atoms. The lowest BCUT2D eigenvalue weighted by atomic mass is 9.89. The Labute approximate surface area is 116 Å². The molecule has 5 heteroatoms. The third-order valence-corrected chi connectivity index (χ3v) is 3.45. The van der Waals surface area contributed by atoms with Crippen molar-refractivity contribution < 1.29 is 19.7 Å². The van der Waals surface area contributed by atoms with E-state index in [0.29, 0.717) is 39.0 Å². The van der Waals surface area contributed by atoms with E-state index in [1.165, 1.54) is 12.8 Å². The zero-order valence-electron chi connectivity index (χ0n) is 12.0. The lowest BCUT2D eigenvalue weighted by Crippen LogP contribution is -2.34. The quantitative estimate of drug-likeness (QED) is 0.508. The Kier molecular flexibility index (Phi) is 9.38. The molecule has 0 aromatic heterocycles. The molecule has 3 atom stereocenters. The zero-order valence-corrected chi connectivity index (χ0v) is 12.0. The number of nitrogens with one attached hydrogen (secondary N) is 1. The molecule has 0 saturated heterocycles. The highest BCUT2D eigenvalue weighted by atomic mass is 16.5. The highest BCUT2D eigenvalue weighted by Gasteiger charge is 2.20. The number of ether oxygens (including phenoxy) is 2. The van der Waals surface area contributed by atoms with E-state index in [1.807, 2.05) is 0 Å². The smallest absolute Gasteiger partial charge is 0.0897 e. The molecule has 1 aliphatic carbocycles. The van der Waals surface area contributed by atoms with Gasteiger partial charge in [0.05, 0.1) is 38.6 Å². The summed E-state index contributed by atoms with van der Waals surface area (Å²) in [6, 6.07) is 0. The van der Waals surface area contributed by atoms with E-state index in [1.54, 1.807) is 0 Å². The van der Waals surface area contributed by atoms with E-state index < -0.39 is 6.10 Å². The topological polar surface area (TPSA) is 71.0 Å². The van der Waals surface area contributed by atoms with E-state index in [9.17, 15) is 5.11 Å². The first-order valence-corrected chi connectivity index (χ1v) is 7.41. The van der Waals surface area contributed by atoms with Crippen molar-refractivity contribution in [3.05, 3.63) is 0 Å². The van der Waals surface area contributed by atoms with Crippen molar-refractivity contribution >= 4 is 0 Å². The molecule has 1 aliphatic rings. The molecule has 0 aromatic carbocycles. The van der Waals surface area contributed by atoms with Crippen LogP contribution < -0.4 is 5.32 Å². The summed E-state index contributed by atoms with van der Waals surface area (Å²) in [5, 5.41) is 21.4. The molecule has 0 spiro atoms. The summed E-state index contributed by atoms with van der Waals surface area (Å²) in [6.45, 7) is 4.84. The Hall–Kier alpha value is -0.200. The lowest BCUT2D eigenvalue weighted by molar-refractivity contribution is -0.0309. The van der Waals surface area contributed by atoms with Gasteiger partial charge in [0.25, 0.3) is 0 Å². The molecule has 0 radical (unpaired) electrons. The van der Waals surface area contributed by atoms with E-state index in [0.717, 1.165) is 18.8 Å². The fraction of sp³-hybridized carbons (Fsp3) is 1.00. The monoisotopic (exact) mass is 275 g/mol. The third-order valence-electron chi connectivity index (χ3n) is 3.45. The van der Waals surface area contributed by atoms with Crippen LogP contribution in [0.25, 0.3) is 0 Å². The first kappa shape index (κ1) is 16.9. The van der Waals surface area contributed by atoms with E-state index in [4.69, 9.17) is 14.6 Å². The maximum Gasteiger partial charge on any atom is 0.0897 e. The van der Waals surface area contributed by atoms with Gasteiger partial charge in [-0.15, -0.1) is 0 Å². The Morgan fingerprint density at radius 3 is 2.89 bits per heavy atom. The van der Waals surface area contributed by atoms with Crippen molar-refractivity contribution in [3.63, 3.8) is 0 Å². The molecule has 0 amide bonds. The van der Waals surface area contributed by atoms with Crippen molar-refractivity contribution in [1.82, 2.24) is 5.32 Å². The largest absolute Gasteiger partial charge is 0.394 e. The van der Waals surface area contributed by atoms with Crippen LogP contribution in [0.4, 0.5) is 0 Å². The average molecular weight is 275 g/mol. The maximum atomic E-state index is 9.78. The van der Waals surface area contributed by atoms with Crippen molar-refractivity contribution in [2.75, 3.05) is 39.5 Å². The molecule has 5 nitrogen and oxygen atoms in total. The standard InChI is InChI=1S/C14H29NO4/c1-12-3-2-4-14(9-12)19-11-13(17)10-15-5-7-18-8-6-16/h12-17H,2-11H2,1H3/t12-,13-,14-/m1/s1. The van der Waals surface area contributed by atoms with Crippen LogP contribution in [0.15, 0.2) is 0 Å². The molecule has 0 unspecified atom stereocenters. The van der Waals surface area contributed by atoms with Gasteiger partial charge in [0, 0.05) is 13.1 Å². The molecule has 1 rings (SSSR count). The summed E-state index contributed by atoms with van der Waals surface area (Å²) in [5.74, 6) is 0.748. The molecule has 114 valence electrons. The highest BCUT2D eigenvalue weighted by molar-refractivity contribution is 4.71. The van der Waals surface area contributed by atoms with E-state index >= 15 is 0 Å². The first-order valence-electron chi connectivity index (χ1n) is 7.41. The first-order chi connectivity index (χ1) is 9.22. The Bertz CT molecular complexity index is 216. The summed E-state index contributed by atoms with van der Waals surface area (Å²) >= 11 is 0. The van der Waals surface area contributed by atoms with Crippen LogP contribution in [0.3, 0.4) is 0 Å². The predicted molar refractivity (Wildman–Crippen MR) is 74.2 cm³/mol. The van der Waals surface area contributed by atoms with Gasteiger partial charge in [-0.05, 0) is 18.8 Å². The molecule has 0 heterocycles. The van der Waals surface area contributed by atoms with Crippen LogP contribution in [0.5, 0.6) is 0 Å². The van der Waals surface area contributed by atoms with Crippen molar-refractivity contribution in [2.45, 2.75) is 44.8 Å². The zero-order chi connectivity index (χ0) is 13.9. The average Bonchev–Trinajstić information content (AvgIpc) is 2.40. The molecular formula is C14H29NO4. The van der Waals surface area contributed by atoms with E-state index in [2.05, 4.69) is 12.2 Å². The fourth-order valence-electron chi connectivity index (χ4n) is 2.42. The van der Waals surface area contributed by atoms with Gasteiger partial charge in [0.15, 0.2) is 0 Å². The van der Waals surface area contributed by atoms with Crippen molar-refractivity contribution in [1.29, 1.82) is 0 Å². The highest BCUT2D eigenvalue weighted by Crippen LogP contribution is 2.25. The van der Waals surface area contributed by atoms with Gasteiger partial charge < -0.3 is 25.0 Å². The SMILES string of the molecule is C[C@@H]1CCC[C@@H](OC[C@H](O)CNCCOCCO)C1. The number of aliphatic hydroxyl groups is 2. The van der Waals surface area contributed by atoms with Crippen LogP contribution in [0.2, 0.25) is 0 Å². The van der Waals surface area contributed by atoms with Crippen molar-refractivity contribution in [3.8, 4) is 0 Å². The number of hydrogen-bond donors (Lipinski definition) is 3. The van der Waals surface area contributed by atoms with E-state index in [-0.39, 0.29) is 6.61 Å². The molecule has 3 N–H and O–H groups in total. The number of rotatable bonds is 10. The van der Waals surface area contributed by atoms with Crippen LogP contribution in [-0.2, 0) is 9.47 Å². The Morgan fingerprint density at radius 2 is 2.16 bits per heavy atom. The van der Waals surface area contributed by atoms with Gasteiger partial charge in [0.1, 0.15) is 0 Å². The van der Waals surface area contributed by atoms with Gasteiger partial charge in [-0.25, -0.2) is 0 Å². The van der Waals surface area contributed by atoms with Crippen LogP contribution in [0, 0.1) is 5.92 Å². The normalized spacial score (nSPS) is 25.4. The predicted octanol–water partition coefficient (Wildman–Crippen LogP) is 0.541. The minimum absolute atomic E-state index is 0.0519. The molecule has 0 aromatic rings. The van der Waals surface area contributed by atoms with Crippen LogP contribution >= 0.6 is 0 Å². The minimum Gasteiger partial charge on any atom is -0.394 e. The molecule has 1 fully saturated rings. The van der Waals surface area contributed by atoms with Gasteiger partial charge >= 0.3 is 0 Å². The second kappa shape index (κ2) is 10.6. The number of aliphatic hydroxyl groups excluding tert-OH is 2. The molecule has 0 bridgehead atoms. The molecule has 1 saturated carbocycles. The third kappa shape index (κ3) is 8.55. The molecule has 0 aliphatic heterocycles. The molecular weight excluding hydrogens is 246 g/mol. The minimum atomic E-state index is -0.463. The summed E-state index contributed by atoms with van der Waals surface area (Å²) in [7, 11) is 0. The summed E-state index contributed by atoms with van der Waals surface area (Å²) in [6.07, 6.45) is 4.65. The maximum absolute atomic E-state index is 9.78. The van der Waals surface area contributed by atoms with Crippen LogP contribution in [-0.4, -0.2) is 61.9 Å². The van der Waals surface area contributed by atoms with Gasteiger partial charge in [-0.3, -0.25) is 0 Å².